The van der Waals surface area contributed by atoms with Crippen LogP contribution >= 0.6 is 0 Å². The number of alkyl halides is 3. The van der Waals surface area contributed by atoms with Crippen molar-refractivity contribution in [2.24, 2.45) is 0 Å². The van der Waals surface area contributed by atoms with Crippen molar-refractivity contribution in [1.29, 1.82) is 0 Å². The Balaban J connectivity index is 1.75. The summed E-state index contributed by atoms with van der Waals surface area (Å²) < 4.78 is 37.8. The van der Waals surface area contributed by atoms with Gasteiger partial charge in [0.1, 0.15) is 0 Å². The number of hydrogen-bond donors (Lipinski definition) is 2. The van der Waals surface area contributed by atoms with Crippen molar-refractivity contribution in [3.63, 3.8) is 0 Å². The Labute approximate surface area is 115 Å². The van der Waals surface area contributed by atoms with Gasteiger partial charge in [0.25, 0.3) is 0 Å². The van der Waals surface area contributed by atoms with E-state index in [9.17, 15) is 13.2 Å². The zero-order chi connectivity index (χ0) is 14.3. The summed E-state index contributed by atoms with van der Waals surface area (Å²) in [4.78, 5) is 2.44. The second kappa shape index (κ2) is 4.84. The fourth-order valence-corrected chi connectivity index (χ4v) is 3.32. The molecule has 6 heteroatoms. The van der Waals surface area contributed by atoms with E-state index in [0.29, 0.717) is 11.7 Å². The molecule has 1 aromatic rings. The first kappa shape index (κ1) is 13.5. The van der Waals surface area contributed by atoms with Crippen molar-refractivity contribution < 1.29 is 13.2 Å². The van der Waals surface area contributed by atoms with Crippen molar-refractivity contribution >= 4 is 11.4 Å². The molecule has 3 nitrogen and oxygen atoms in total. The molecule has 0 aliphatic carbocycles. The predicted octanol–water partition coefficient (Wildman–Crippen LogP) is 2.94. The van der Waals surface area contributed by atoms with Gasteiger partial charge in [-0.2, -0.15) is 13.2 Å². The molecule has 0 amide bonds. The van der Waals surface area contributed by atoms with E-state index in [4.69, 9.17) is 5.73 Å². The molecule has 0 spiro atoms. The lowest BCUT2D eigenvalue weighted by atomic mass is 10.1. The third kappa shape index (κ3) is 2.44. The van der Waals surface area contributed by atoms with Crippen LogP contribution in [0, 0.1) is 0 Å². The van der Waals surface area contributed by atoms with Crippen molar-refractivity contribution in [1.82, 2.24) is 4.90 Å². The SMILES string of the molecule is Nc1cc(C(F)(F)F)ccc1NC1CCN2CCCC12. The van der Waals surface area contributed by atoms with E-state index in [1.54, 1.807) is 0 Å². The van der Waals surface area contributed by atoms with Crippen LogP contribution in [0.4, 0.5) is 24.5 Å². The van der Waals surface area contributed by atoms with Crippen LogP contribution in [0.3, 0.4) is 0 Å². The Morgan fingerprint density at radius 3 is 2.70 bits per heavy atom. The van der Waals surface area contributed by atoms with E-state index in [1.807, 2.05) is 0 Å². The van der Waals surface area contributed by atoms with Gasteiger partial charge in [0, 0.05) is 18.6 Å². The average Bonchev–Trinajstić information content (AvgIpc) is 2.95. The van der Waals surface area contributed by atoms with Crippen LogP contribution in [0.1, 0.15) is 24.8 Å². The first-order valence-electron chi connectivity index (χ1n) is 6.92. The van der Waals surface area contributed by atoms with Crippen LogP contribution in [-0.4, -0.2) is 30.1 Å². The van der Waals surface area contributed by atoms with Gasteiger partial charge in [-0.15, -0.1) is 0 Å². The minimum atomic E-state index is -4.34. The van der Waals surface area contributed by atoms with Crippen LogP contribution in [0.15, 0.2) is 18.2 Å². The Morgan fingerprint density at radius 2 is 2.00 bits per heavy atom. The summed E-state index contributed by atoms with van der Waals surface area (Å²) in [6, 6.07) is 4.31. The number of rotatable bonds is 2. The fourth-order valence-electron chi connectivity index (χ4n) is 3.32. The second-order valence-corrected chi connectivity index (χ2v) is 5.58. The molecule has 2 saturated heterocycles. The quantitative estimate of drug-likeness (QED) is 0.821. The summed E-state index contributed by atoms with van der Waals surface area (Å²) >= 11 is 0. The third-order valence-corrected chi connectivity index (χ3v) is 4.33. The van der Waals surface area contributed by atoms with Gasteiger partial charge in [-0.3, -0.25) is 4.90 Å². The first-order valence-corrected chi connectivity index (χ1v) is 6.92. The largest absolute Gasteiger partial charge is 0.416 e. The number of nitrogens with zero attached hydrogens (tertiary/aromatic N) is 1. The summed E-state index contributed by atoms with van der Waals surface area (Å²) in [5, 5.41) is 3.33. The van der Waals surface area contributed by atoms with Crippen LogP contribution in [0.2, 0.25) is 0 Å². The van der Waals surface area contributed by atoms with Gasteiger partial charge in [-0.25, -0.2) is 0 Å². The van der Waals surface area contributed by atoms with Gasteiger partial charge in [-0.05, 0) is 44.0 Å². The van der Waals surface area contributed by atoms with Crippen molar-refractivity contribution in [2.45, 2.75) is 37.5 Å². The van der Waals surface area contributed by atoms with Gasteiger partial charge in [0.05, 0.1) is 16.9 Å². The molecular formula is C14H18F3N3. The van der Waals surface area contributed by atoms with Gasteiger partial charge in [-0.1, -0.05) is 0 Å². The van der Waals surface area contributed by atoms with E-state index in [0.717, 1.165) is 38.1 Å². The molecule has 3 N–H and O–H groups in total. The molecule has 3 rings (SSSR count). The Kier molecular flexibility index (Phi) is 3.28. The highest BCUT2D eigenvalue weighted by atomic mass is 19.4. The topological polar surface area (TPSA) is 41.3 Å². The number of nitrogens with one attached hydrogen (secondary N) is 1. The molecule has 2 aliphatic rings. The first-order chi connectivity index (χ1) is 9.45. The summed E-state index contributed by atoms with van der Waals surface area (Å²) in [5.74, 6) is 0. The molecule has 0 bridgehead atoms. The number of benzene rings is 1. The molecule has 0 saturated carbocycles. The van der Waals surface area contributed by atoms with E-state index in [1.165, 1.54) is 12.5 Å². The molecule has 2 heterocycles. The van der Waals surface area contributed by atoms with Gasteiger partial charge >= 0.3 is 6.18 Å². The molecular weight excluding hydrogens is 267 g/mol. The third-order valence-electron chi connectivity index (χ3n) is 4.33. The number of fused-ring (bicyclic) bond motifs is 1. The molecule has 110 valence electrons. The number of nitrogen functional groups attached to an aromatic ring is 1. The van der Waals surface area contributed by atoms with Gasteiger partial charge < -0.3 is 11.1 Å². The monoisotopic (exact) mass is 285 g/mol. The van der Waals surface area contributed by atoms with Gasteiger partial charge in [0.2, 0.25) is 0 Å². The maximum atomic E-state index is 12.6. The average molecular weight is 285 g/mol. The number of halogens is 3. The molecule has 2 fully saturated rings. The maximum absolute atomic E-state index is 12.6. The van der Waals surface area contributed by atoms with Crippen LogP contribution in [-0.2, 0) is 6.18 Å². The Hall–Kier alpha value is -1.43. The van der Waals surface area contributed by atoms with E-state index in [2.05, 4.69) is 10.2 Å². The standard InChI is InChI=1S/C14H18F3N3/c15-14(16,17)9-3-4-11(10(18)8-9)19-12-5-7-20-6-1-2-13(12)20/h3-4,8,12-13,19H,1-2,5-7,18H2. The summed E-state index contributed by atoms with van der Waals surface area (Å²) in [7, 11) is 0. The van der Waals surface area contributed by atoms with Crippen molar-refractivity contribution in [2.75, 3.05) is 24.1 Å². The number of anilines is 2. The molecule has 1 aromatic carbocycles. The van der Waals surface area contributed by atoms with Crippen molar-refractivity contribution in [3.05, 3.63) is 23.8 Å². The number of nitrogens with two attached hydrogens (primary N) is 1. The highest BCUT2D eigenvalue weighted by molar-refractivity contribution is 5.67. The highest BCUT2D eigenvalue weighted by Gasteiger charge is 2.37. The minimum Gasteiger partial charge on any atom is -0.397 e. The zero-order valence-electron chi connectivity index (χ0n) is 11.1. The summed E-state index contributed by atoms with van der Waals surface area (Å²) in [6.07, 6.45) is -0.975. The molecule has 20 heavy (non-hydrogen) atoms. The van der Waals surface area contributed by atoms with E-state index in [-0.39, 0.29) is 11.7 Å². The van der Waals surface area contributed by atoms with Crippen LogP contribution < -0.4 is 11.1 Å². The van der Waals surface area contributed by atoms with Crippen molar-refractivity contribution in [3.8, 4) is 0 Å². The van der Waals surface area contributed by atoms with Gasteiger partial charge in [0.15, 0.2) is 0 Å². The second-order valence-electron chi connectivity index (χ2n) is 5.58. The molecule has 0 aromatic heterocycles. The van der Waals surface area contributed by atoms with Crippen LogP contribution in [0.25, 0.3) is 0 Å². The molecule has 2 aliphatic heterocycles. The highest BCUT2D eigenvalue weighted by Crippen LogP contribution is 2.35. The lowest BCUT2D eigenvalue weighted by Gasteiger charge is -2.23. The predicted molar refractivity (Wildman–Crippen MR) is 72.5 cm³/mol. The normalized spacial score (nSPS) is 26.8. The lowest BCUT2D eigenvalue weighted by Crippen LogP contribution is -2.33. The van der Waals surface area contributed by atoms with E-state index < -0.39 is 11.7 Å². The molecule has 2 unspecified atom stereocenters. The molecule has 2 atom stereocenters. The fraction of sp³-hybridized carbons (Fsp3) is 0.571. The molecule has 0 radical (unpaired) electrons. The minimum absolute atomic E-state index is 0.163. The van der Waals surface area contributed by atoms with Crippen LogP contribution in [0.5, 0.6) is 0 Å². The Bertz CT molecular complexity index is 501. The zero-order valence-corrected chi connectivity index (χ0v) is 11.1. The Morgan fingerprint density at radius 1 is 1.20 bits per heavy atom. The number of hydrogen-bond acceptors (Lipinski definition) is 3. The summed E-state index contributed by atoms with van der Waals surface area (Å²) in [6.45, 7) is 2.19. The lowest BCUT2D eigenvalue weighted by molar-refractivity contribution is -0.137. The maximum Gasteiger partial charge on any atom is 0.416 e. The summed E-state index contributed by atoms with van der Waals surface area (Å²) in [5.41, 5.74) is 5.83. The van der Waals surface area contributed by atoms with E-state index >= 15 is 0 Å². The smallest absolute Gasteiger partial charge is 0.397 e.